The molecule has 15 rings (SSSR count). The number of hydrogen-bond donors (Lipinski definition) is 0. The van der Waals surface area contributed by atoms with Gasteiger partial charge in [0.2, 0.25) is 0 Å². The zero-order valence-electron chi connectivity index (χ0n) is 40.1. The van der Waals surface area contributed by atoms with E-state index in [0.717, 1.165) is 49.8 Å². The summed E-state index contributed by atoms with van der Waals surface area (Å²) in [5.74, 6) is 1.83. The van der Waals surface area contributed by atoms with E-state index in [1.54, 1.807) is 0 Å². The number of rotatable bonds is 7. The second kappa shape index (κ2) is 16.7. The Labute approximate surface area is 427 Å². The Hall–Kier alpha value is -9.77. The van der Waals surface area contributed by atoms with Crippen LogP contribution in [0, 0.1) is 0 Å². The maximum Gasteiger partial charge on any atom is 0.164 e. The first-order valence-electron chi connectivity index (χ1n) is 25.2. The molecule has 0 spiro atoms. The van der Waals surface area contributed by atoms with Crippen LogP contribution >= 0.6 is 0 Å². The molecule has 1 aliphatic carbocycles. The minimum Gasteiger partial charge on any atom is -0.456 e. The van der Waals surface area contributed by atoms with Crippen molar-refractivity contribution >= 4 is 54.3 Å². The Kier molecular flexibility index (Phi) is 9.45. The molecule has 0 unspecified atom stereocenters. The Morgan fingerprint density at radius 3 is 1.38 bits per heavy atom. The lowest BCUT2D eigenvalue weighted by molar-refractivity contribution is 0.669. The van der Waals surface area contributed by atoms with Crippen LogP contribution in [0.5, 0.6) is 0 Å². The molecule has 1 aliphatic rings. The van der Waals surface area contributed by atoms with Crippen LogP contribution in [0.25, 0.3) is 122 Å². The Morgan fingerprint density at radius 1 is 0.270 bits per heavy atom. The minimum atomic E-state index is -0.483. The third kappa shape index (κ3) is 6.38. The molecule has 12 aromatic carbocycles. The molecular formula is C70H43N3O. The Bertz CT molecular complexity index is 4430. The SMILES string of the molecule is c1ccc(-c2nc(-c3ccccc3)nc(-c3cccc4oc5ccc(-c6ccc7c8ccccc8c8ccc(-c9cccc%10c9-c9ccccc9C%10(c9ccccc9)c9ccccc9)cc8c7c6)cc5c34)n2)cc1. The van der Waals surface area contributed by atoms with Crippen molar-refractivity contribution in [3.63, 3.8) is 0 Å². The van der Waals surface area contributed by atoms with Gasteiger partial charge in [-0.2, -0.15) is 0 Å². The van der Waals surface area contributed by atoms with Gasteiger partial charge >= 0.3 is 0 Å². The highest BCUT2D eigenvalue weighted by Crippen LogP contribution is 2.58. The van der Waals surface area contributed by atoms with Crippen molar-refractivity contribution in [3.8, 4) is 67.5 Å². The van der Waals surface area contributed by atoms with E-state index >= 15 is 0 Å². The fraction of sp³-hybridized carbons (Fsp3) is 0.0143. The zero-order valence-corrected chi connectivity index (χ0v) is 40.1. The quantitative estimate of drug-likeness (QED) is 0.149. The number of fused-ring (bicyclic) bond motifs is 12. The predicted molar refractivity (Wildman–Crippen MR) is 304 cm³/mol. The number of hydrogen-bond acceptors (Lipinski definition) is 4. The Balaban J connectivity index is 0.919. The van der Waals surface area contributed by atoms with E-state index in [-0.39, 0.29) is 0 Å². The lowest BCUT2D eigenvalue weighted by atomic mass is 9.67. The van der Waals surface area contributed by atoms with Gasteiger partial charge in [-0.3, -0.25) is 0 Å². The summed E-state index contributed by atoms with van der Waals surface area (Å²) in [4.78, 5) is 15.2. The third-order valence-corrected chi connectivity index (χ3v) is 15.4. The Morgan fingerprint density at radius 2 is 0.730 bits per heavy atom. The molecule has 4 heteroatoms. The first-order valence-corrected chi connectivity index (χ1v) is 25.2. The van der Waals surface area contributed by atoms with E-state index < -0.39 is 5.41 Å². The highest BCUT2D eigenvalue weighted by atomic mass is 16.3. The maximum atomic E-state index is 6.61. The molecule has 0 saturated heterocycles. The number of benzene rings is 12. The van der Waals surface area contributed by atoms with Gasteiger partial charge in [-0.25, -0.2) is 15.0 Å². The molecule has 0 atom stereocenters. The predicted octanol–water partition coefficient (Wildman–Crippen LogP) is 17.9. The van der Waals surface area contributed by atoms with E-state index in [4.69, 9.17) is 19.4 Å². The summed E-state index contributed by atoms with van der Waals surface area (Å²) in [6.45, 7) is 0. The lowest BCUT2D eigenvalue weighted by Gasteiger charge is -2.34. The van der Waals surface area contributed by atoms with Gasteiger partial charge in [0.15, 0.2) is 17.5 Å². The number of furan rings is 1. The normalized spacial score (nSPS) is 12.7. The van der Waals surface area contributed by atoms with Gasteiger partial charge in [-0.15, -0.1) is 0 Å². The molecule has 0 N–H and O–H groups in total. The zero-order chi connectivity index (χ0) is 48.7. The molecule has 0 aliphatic heterocycles. The van der Waals surface area contributed by atoms with Crippen molar-refractivity contribution in [1.82, 2.24) is 15.0 Å². The van der Waals surface area contributed by atoms with Gasteiger partial charge in [-0.05, 0) is 118 Å². The summed E-state index contributed by atoms with van der Waals surface area (Å²) >= 11 is 0. The van der Waals surface area contributed by atoms with Gasteiger partial charge < -0.3 is 4.42 Å². The molecule has 2 heterocycles. The van der Waals surface area contributed by atoms with Crippen LogP contribution < -0.4 is 0 Å². The standard InChI is InChI=1S/C70H43N3O/c1-5-19-44(20-6-1)67-71-68(45-21-7-2-8-22-45)73-69(72-67)57-31-18-34-64-66(57)60-42-47(37-40-63(60)74-64)46-35-38-54-52-27-13-14-28-53(52)55-39-36-48(43-59(55)58(54)41-46)51-30-17-33-62-65(51)56-29-15-16-32-61(56)70(62,49-23-9-3-10-24-49)50-25-11-4-12-26-50/h1-43H. The van der Waals surface area contributed by atoms with E-state index in [9.17, 15) is 0 Å². The topological polar surface area (TPSA) is 51.8 Å². The fourth-order valence-corrected chi connectivity index (χ4v) is 12.2. The minimum absolute atomic E-state index is 0.483. The van der Waals surface area contributed by atoms with Crippen molar-refractivity contribution in [2.75, 3.05) is 0 Å². The lowest BCUT2D eigenvalue weighted by Crippen LogP contribution is -2.28. The molecule has 0 fully saturated rings. The van der Waals surface area contributed by atoms with Crippen molar-refractivity contribution in [1.29, 1.82) is 0 Å². The average Bonchev–Trinajstić information content (AvgIpc) is 4.06. The average molecular weight is 942 g/mol. The van der Waals surface area contributed by atoms with Crippen LogP contribution in [0.15, 0.2) is 265 Å². The monoisotopic (exact) mass is 941 g/mol. The molecule has 0 radical (unpaired) electrons. The largest absolute Gasteiger partial charge is 0.456 e. The van der Waals surface area contributed by atoms with E-state index in [2.05, 4.69) is 188 Å². The van der Waals surface area contributed by atoms with Gasteiger partial charge in [0.1, 0.15) is 11.2 Å². The molecule has 14 aromatic rings. The first-order chi connectivity index (χ1) is 36.7. The van der Waals surface area contributed by atoms with Crippen LogP contribution in [0.4, 0.5) is 0 Å². The fourth-order valence-electron chi connectivity index (χ4n) is 12.2. The third-order valence-electron chi connectivity index (χ3n) is 15.4. The van der Waals surface area contributed by atoms with Crippen molar-refractivity contribution < 1.29 is 4.42 Å². The van der Waals surface area contributed by atoms with Crippen LogP contribution in [0.1, 0.15) is 22.3 Å². The summed E-state index contributed by atoms with van der Waals surface area (Å²) in [5, 5.41) is 9.33. The van der Waals surface area contributed by atoms with Crippen LogP contribution in [0.2, 0.25) is 0 Å². The number of nitrogens with zero attached hydrogens (tertiary/aromatic N) is 3. The van der Waals surface area contributed by atoms with Gasteiger partial charge in [0, 0.05) is 27.5 Å². The molecule has 4 nitrogen and oxygen atoms in total. The van der Waals surface area contributed by atoms with E-state index in [1.165, 1.54) is 76.8 Å². The maximum absolute atomic E-state index is 6.61. The van der Waals surface area contributed by atoms with Gasteiger partial charge in [-0.1, -0.05) is 231 Å². The van der Waals surface area contributed by atoms with Crippen molar-refractivity contribution in [2.24, 2.45) is 0 Å². The molecule has 344 valence electrons. The second-order valence-electron chi connectivity index (χ2n) is 19.4. The summed E-state index contributed by atoms with van der Waals surface area (Å²) in [6.07, 6.45) is 0. The second-order valence-corrected chi connectivity index (χ2v) is 19.4. The molecule has 74 heavy (non-hydrogen) atoms. The van der Waals surface area contributed by atoms with Gasteiger partial charge in [0.05, 0.1) is 5.41 Å². The first kappa shape index (κ1) is 42.0. The van der Waals surface area contributed by atoms with Crippen LogP contribution in [-0.4, -0.2) is 15.0 Å². The smallest absolute Gasteiger partial charge is 0.164 e. The van der Waals surface area contributed by atoms with E-state index in [1.807, 2.05) is 72.8 Å². The van der Waals surface area contributed by atoms with Gasteiger partial charge in [0.25, 0.3) is 0 Å². The number of aromatic nitrogens is 3. The molecule has 2 aromatic heterocycles. The molecular weight excluding hydrogens is 899 g/mol. The molecule has 0 bridgehead atoms. The highest BCUT2D eigenvalue weighted by Gasteiger charge is 2.46. The van der Waals surface area contributed by atoms with Crippen LogP contribution in [-0.2, 0) is 5.41 Å². The van der Waals surface area contributed by atoms with Crippen LogP contribution in [0.3, 0.4) is 0 Å². The van der Waals surface area contributed by atoms with Crippen molar-refractivity contribution in [3.05, 3.63) is 283 Å². The summed E-state index contributed by atoms with van der Waals surface area (Å²) < 4.78 is 6.61. The molecule has 0 saturated carbocycles. The molecule has 0 amide bonds. The van der Waals surface area contributed by atoms with Crippen molar-refractivity contribution in [2.45, 2.75) is 5.41 Å². The summed E-state index contributed by atoms with van der Waals surface area (Å²) in [7, 11) is 0. The summed E-state index contributed by atoms with van der Waals surface area (Å²) in [5.41, 5.74) is 16.1. The highest BCUT2D eigenvalue weighted by molar-refractivity contribution is 6.26. The van der Waals surface area contributed by atoms with E-state index in [0.29, 0.717) is 17.5 Å². The summed E-state index contributed by atoms with van der Waals surface area (Å²) in [6, 6.07) is 93.9.